The van der Waals surface area contributed by atoms with Gasteiger partial charge in [0.15, 0.2) is 0 Å². The summed E-state index contributed by atoms with van der Waals surface area (Å²) in [4.78, 5) is 26.0. The number of aryl methyl sites for hydroxylation is 2. The van der Waals surface area contributed by atoms with Crippen LogP contribution in [0, 0.1) is 13.8 Å². The fourth-order valence-corrected chi connectivity index (χ4v) is 4.18. The van der Waals surface area contributed by atoms with Gasteiger partial charge in [-0.25, -0.2) is 14.5 Å². The summed E-state index contributed by atoms with van der Waals surface area (Å²) in [6.07, 6.45) is 3.63. The molecule has 152 valence electrons. The van der Waals surface area contributed by atoms with Crippen LogP contribution in [0.4, 0.5) is 5.69 Å². The molecule has 3 aromatic heterocycles. The Kier molecular flexibility index (Phi) is 6.01. The van der Waals surface area contributed by atoms with Crippen LogP contribution in [-0.4, -0.2) is 36.7 Å². The highest BCUT2D eigenvalue weighted by Crippen LogP contribution is 2.23. The number of rotatable bonds is 6. The molecule has 0 aliphatic heterocycles. The van der Waals surface area contributed by atoms with E-state index < -0.39 is 0 Å². The Morgan fingerprint density at radius 2 is 1.97 bits per heavy atom. The Morgan fingerprint density at radius 1 is 1.13 bits per heavy atom. The molecule has 0 atom stereocenters. The molecule has 4 aromatic rings. The van der Waals surface area contributed by atoms with Crippen LogP contribution in [0.1, 0.15) is 27.3 Å². The largest absolute Gasteiger partial charge is 0.321 e. The van der Waals surface area contributed by atoms with Gasteiger partial charge >= 0.3 is 0 Å². The monoisotopic (exact) mass is 436 g/mol. The zero-order chi connectivity index (χ0) is 21.1. The number of aromatic nitrogens is 5. The van der Waals surface area contributed by atoms with Crippen LogP contribution < -0.4 is 5.32 Å². The molecule has 4 rings (SSSR count). The van der Waals surface area contributed by atoms with E-state index in [0.29, 0.717) is 27.9 Å². The molecule has 0 spiro atoms. The highest BCUT2D eigenvalue weighted by atomic mass is 32.2. The third kappa shape index (κ3) is 4.47. The van der Waals surface area contributed by atoms with Crippen LogP contribution in [0.15, 0.2) is 58.8 Å². The van der Waals surface area contributed by atoms with Crippen LogP contribution >= 0.6 is 23.5 Å². The van der Waals surface area contributed by atoms with Crippen LogP contribution in [0.25, 0.3) is 5.78 Å². The van der Waals surface area contributed by atoms with Crippen molar-refractivity contribution in [3.63, 3.8) is 0 Å². The van der Waals surface area contributed by atoms with Crippen LogP contribution in [0.2, 0.25) is 0 Å². The number of anilines is 1. The average molecular weight is 437 g/mol. The van der Waals surface area contributed by atoms with Gasteiger partial charge in [0.2, 0.25) is 5.16 Å². The summed E-state index contributed by atoms with van der Waals surface area (Å²) in [5, 5.41) is 8.98. The first-order valence-corrected chi connectivity index (χ1v) is 11.5. The Morgan fingerprint density at radius 3 is 2.73 bits per heavy atom. The number of nitrogens with one attached hydrogen (secondary N) is 1. The van der Waals surface area contributed by atoms with E-state index in [4.69, 9.17) is 0 Å². The van der Waals surface area contributed by atoms with E-state index in [-0.39, 0.29) is 5.91 Å². The maximum absolute atomic E-state index is 12.8. The second kappa shape index (κ2) is 8.85. The average Bonchev–Trinajstić information content (AvgIpc) is 3.16. The summed E-state index contributed by atoms with van der Waals surface area (Å²) in [6, 6.07) is 13.3. The Labute approximate surface area is 182 Å². The van der Waals surface area contributed by atoms with E-state index in [0.717, 1.165) is 22.0 Å². The number of carbonyl (C=O) groups is 1. The van der Waals surface area contributed by atoms with Gasteiger partial charge in [-0.15, -0.1) is 16.9 Å². The number of fused-ring (bicyclic) bond motifs is 1. The molecule has 7 nitrogen and oxygen atoms in total. The van der Waals surface area contributed by atoms with E-state index in [1.807, 2.05) is 62.6 Å². The van der Waals surface area contributed by atoms with E-state index in [1.54, 1.807) is 22.5 Å². The number of amides is 1. The molecule has 0 saturated carbocycles. The smallest absolute Gasteiger partial charge is 0.256 e. The molecule has 3 heterocycles. The number of thioether (sulfide) groups is 2. The van der Waals surface area contributed by atoms with Crippen molar-refractivity contribution in [3.05, 3.63) is 71.2 Å². The topological polar surface area (TPSA) is 85.1 Å². The van der Waals surface area contributed by atoms with Crippen molar-refractivity contribution < 1.29 is 4.79 Å². The summed E-state index contributed by atoms with van der Waals surface area (Å²) in [6.45, 7) is 3.92. The molecular weight excluding hydrogens is 416 g/mol. The summed E-state index contributed by atoms with van der Waals surface area (Å²) >= 11 is 3.04. The van der Waals surface area contributed by atoms with Gasteiger partial charge in [0.25, 0.3) is 11.7 Å². The predicted molar refractivity (Wildman–Crippen MR) is 120 cm³/mol. The SMILES string of the molecule is CSc1ccc(NC(=O)c2ccccc2CSc2nc3nc(C)cc(C)n3n2)cn1. The molecule has 0 bridgehead atoms. The van der Waals surface area contributed by atoms with Crippen LogP contribution in [0.3, 0.4) is 0 Å². The van der Waals surface area contributed by atoms with Gasteiger partial charge in [-0.05, 0) is 49.9 Å². The Bertz CT molecular complexity index is 1210. The predicted octanol–water partition coefficient (Wildman–Crippen LogP) is 4.40. The van der Waals surface area contributed by atoms with Crippen molar-refractivity contribution >= 4 is 40.9 Å². The van der Waals surface area contributed by atoms with E-state index in [1.165, 1.54) is 11.8 Å². The lowest BCUT2D eigenvalue weighted by molar-refractivity contribution is 0.102. The van der Waals surface area contributed by atoms with Gasteiger partial charge in [0.05, 0.1) is 16.9 Å². The van der Waals surface area contributed by atoms with Gasteiger partial charge in [0.1, 0.15) is 0 Å². The summed E-state index contributed by atoms with van der Waals surface area (Å²) in [5.41, 5.74) is 4.09. The van der Waals surface area contributed by atoms with Crippen molar-refractivity contribution in [3.8, 4) is 0 Å². The normalized spacial score (nSPS) is 11.0. The Hall–Kier alpha value is -2.91. The molecule has 0 saturated heterocycles. The summed E-state index contributed by atoms with van der Waals surface area (Å²) in [7, 11) is 0. The number of nitrogens with zero attached hydrogens (tertiary/aromatic N) is 5. The molecule has 0 aliphatic carbocycles. The quantitative estimate of drug-likeness (QED) is 0.448. The van der Waals surface area contributed by atoms with Crippen molar-refractivity contribution in [2.24, 2.45) is 0 Å². The maximum atomic E-state index is 12.8. The highest BCUT2D eigenvalue weighted by molar-refractivity contribution is 7.98. The number of carbonyl (C=O) groups excluding carboxylic acids is 1. The second-order valence-corrected chi connectivity index (χ2v) is 8.40. The zero-order valence-corrected chi connectivity index (χ0v) is 18.4. The lowest BCUT2D eigenvalue weighted by atomic mass is 10.1. The highest BCUT2D eigenvalue weighted by Gasteiger charge is 2.14. The summed E-state index contributed by atoms with van der Waals surface area (Å²) in [5.74, 6) is 0.991. The third-order valence-electron chi connectivity index (χ3n) is 4.42. The fraction of sp³-hybridized carbons (Fsp3) is 0.190. The molecule has 0 fully saturated rings. The number of pyridine rings is 1. The van der Waals surface area contributed by atoms with Crippen molar-refractivity contribution in [1.29, 1.82) is 0 Å². The maximum Gasteiger partial charge on any atom is 0.256 e. The summed E-state index contributed by atoms with van der Waals surface area (Å²) < 4.78 is 1.74. The molecule has 0 unspecified atom stereocenters. The molecule has 1 aromatic carbocycles. The number of benzene rings is 1. The van der Waals surface area contributed by atoms with Crippen LogP contribution in [-0.2, 0) is 5.75 Å². The molecule has 1 N–H and O–H groups in total. The third-order valence-corrected chi connectivity index (χ3v) is 5.97. The Balaban J connectivity index is 1.50. The van der Waals surface area contributed by atoms with Gasteiger partial charge in [-0.1, -0.05) is 30.0 Å². The standard InChI is InChI=1S/C21H20N6OS2/c1-13-10-14(2)27-20(23-13)25-21(26-27)30-12-15-6-4-5-7-17(15)19(28)24-16-8-9-18(29-3)22-11-16/h4-11H,12H2,1-3H3,(H,24,28). The van der Waals surface area contributed by atoms with Crippen molar-refractivity contribution in [2.75, 3.05) is 11.6 Å². The minimum absolute atomic E-state index is 0.166. The lowest BCUT2D eigenvalue weighted by Gasteiger charge is -2.09. The fourth-order valence-electron chi connectivity index (χ4n) is 2.99. The van der Waals surface area contributed by atoms with Gasteiger partial charge < -0.3 is 5.32 Å². The first-order valence-electron chi connectivity index (χ1n) is 9.26. The van der Waals surface area contributed by atoms with Gasteiger partial charge in [-0.2, -0.15) is 4.98 Å². The lowest BCUT2D eigenvalue weighted by Crippen LogP contribution is -2.14. The van der Waals surface area contributed by atoms with Gasteiger partial charge in [0, 0.05) is 22.7 Å². The minimum Gasteiger partial charge on any atom is -0.321 e. The van der Waals surface area contributed by atoms with E-state index >= 15 is 0 Å². The molecular formula is C21H20N6OS2. The van der Waals surface area contributed by atoms with E-state index in [2.05, 4.69) is 25.4 Å². The number of hydrogen-bond acceptors (Lipinski definition) is 7. The minimum atomic E-state index is -0.166. The van der Waals surface area contributed by atoms with Crippen molar-refractivity contribution in [2.45, 2.75) is 29.8 Å². The molecule has 1 amide bonds. The number of hydrogen-bond donors (Lipinski definition) is 1. The first-order chi connectivity index (χ1) is 14.5. The zero-order valence-electron chi connectivity index (χ0n) is 16.8. The van der Waals surface area contributed by atoms with Crippen LogP contribution in [0.5, 0.6) is 0 Å². The molecule has 30 heavy (non-hydrogen) atoms. The van der Waals surface area contributed by atoms with Crippen molar-refractivity contribution in [1.82, 2.24) is 24.6 Å². The molecule has 9 heteroatoms. The molecule has 0 aliphatic rings. The first kappa shape index (κ1) is 20.4. The second-order valence-electron chi connectivity index (χ2n) is 6.63. The van der Waals surface area contributed by atoms with Gasteiger partial charge in [-0.3, -0.25) is 4.79 Å². The van der Waals surface area contributed by atoms with E-state index in [9.17, 15) is 4.79 Å². The molecule has 0 radical (unpaired) electrons.